The molecule has 0 rings (SSSR count). The fraction of sp³-hybridized carbons (Fsp3) is 0.727. The highest BCUT2D eigenvalue weighted by molar-refractivity contribution is 7.47. The van der Waals surface area contributed by atoms with Crippen molar-refractivity contribution in [3.05, 3.63) is 97.2 Å². The van der Waals surface area contributed by atoms with Crippen LogP contribution in [0.2, 0.25) is 0 Å². The van der Waals surface area contributed by atoms with Gasteiger partial charge >= 0.3 is 19.8 Å². The number of hydrogen-bond acceptors (Lipinski definition) is 8. The van der Waals surface area contributed by atoms with Crippen LogP contribution in [-0.2, 0) is 32.7 Å². The lowest BCUT2D eigenvalue weighted by Crippen LogP contribution is -2.29. The molecule has 0 aliphatic rings. The summed E-state index contributed by atoms with van der Waals surface area (Å²) in [5, 5.41) is 0. The molecule has 2 unspecified atom stereocenters. The first kappa shape index (κ1) is 72.9. The van der Waals surface area contributed by atoms with Crippen molar-refractivity contribution in [3.63, 3.8) is 0 Å². The van der Waals surface area contributed by atoms with Gasteiger partial charge in [-0.05, 0) is 96.3 Å². The lowest BCUT2D eigenvalue weighted by Gasteiger charge is -2.19. The smallest absolute Gasteiger partial charge is 0.462 e. The molecule has 0 bridgehead atoms. The van der Waals surface area contributed by atoms with Crippen LogP contribution in [0.5, 0.6) is 0 Å². The van der Waals surface area contributed by atoms with Gasteiger partial charge in [-0.2, -0.15) is 0 Å². The van der Waals surface area contributed by atoms with E-state index in [0.717, 1.165) is 103 Å². The number of hydrogen-bond donors (Lipinski definition) is 2. The molecule has 0 saturated carbocycles. The van der Waals surface area contributed by atoms with Crippen LogP contribution in [0.25, 0.3) is 0 Å². The molecule has 3 N–H and O–H groups in total. The Hall–Kier alpha value is -3.07. The third kappa shape index (κ3) is 60.2. The maximum Gasteiger partial charge on any atom is 0.472 e. The molecule has 76 heavy (non-hydrogen) atoms. The Morgan fingerprint density at radius 2 is 0.724 bits per heavy atom. The summed E-state index contributed by atoms with van der Waals surface area (Å²) in [6, 6.07) is 0. The minimum atomic E-state index is -4.39. The first-order chi connectivity index (χ1) is 37.3. The molecule has 2 atom stereocenters. The van der Waals surface area contributed by atoms with Crippen LogP contribution in [0.3, 0.4) is 0 Å². The Morgan fingerprint density at radius 1 is 0.408 bits per heavy atom. The molecule has 0 spiro atoms. The Bertz CT molecular complexity index is 1560. The summed E-state index contributed by atoms with van der Waals surface area (Å²) in [5.41, 5.74) is 5.38. The number of unbranched alkanes of at least 4 members (excludes halogenated alkanes) is 29. The summed E-state index contributed by atoms with van der Waals surface area (Å²) >= 11 is 0. The lowest BCUT2D eigenvalue weighted by atomic mass is 10.0. The zero-order valence-electron chi connectivity index (χ0n) is 49.0. The topological polar surface area (TPSA) is 134 Å². The molecular formula is C66H116NO8P. The van der Waals surface area contributed by atoms with Crippen molar-refractivity contribution >= 4 is 19.8 Å². The van der Waals surface area contributed by atoms with Gasteiger partial charge in [0.25, 0.3) is 0 Å². The van der Waals surface area contributed by atoms with Crippen LogP contribution in [0.1, 0.15) is 277 Å². The Kier molecular flexibility index (Phi) is 58.7. The molecule has 0 aliphatic heterocycles. The number of esters is 2. The van der Waals surface area contributed by atoms with Crippen molar-refractivity contribution in [3.8, 4) is 0 Å². The highest BCUT2D eigenvalue weighted by Gasteiger charge is 2.26. The monoisotopic (exact) mass is 1080 g/mol. The van der Waals surface area contributed by atoms with E-state index in [4.69, 9.17) is 24.3 Å². The van der Waals surface area contributed by atoms with Crippen molar-refractivity contribution < 1.29 is 37.6 Å². The fourth-order valence-corrected chi connectivity index (χ4v) is 9.38. The average molecular weight is 1080 g/mol. The molecule has 0 aromatic carbocycles. The van der Waals surface area contributed by atoms with Gasteiger partial charge in [0.15, 0.2) is 6.10 Å². The number of carbonyl (C=O) groups is 2. The van der Waals surface area contributed by atoms with Gasteiger partial charge in [-0.15, -0.1) is 0 Å². The maximum atomic E-state index is 12.7. The predicted octanol–water partition coefficient (Wildman–Crippen LogP) is 20.0. The van der Waals surface area contributed by atoms with E-state index in [0.29, 0.717) is 6.42 Å². The second-order valence-electron chi connectivity index (χ2n) is 20.5. The van der Waals surface area contributed by atoms with Crippen molar-refractivity contribution in [1.29, 1.82) is 0 Å². The van der Waals surface area contributed by atoms with Crippen molar-refractivity contribution in [1.82, 2.24) is 0 Å². The Labute approximate surface area is 467 Å². The SMILES string of the molecule is CC/C=C\C/C=C\C/C=C\C/C=C\C/C=C\C/C=C\C/C=C\CCCCCCCCCCCCCCCCCCCCCC(=O)OC(COC(=O)CCCCCCC/C=C\CCCCCCC)COP(=O)(O)OCCN. The van der Waals surface area contributed by atoms with Crippen LogP contribution >= 0.6 is 7.82 Å². The number of allylic oxidation sites excluding steroid dienone is 16. The highest BCUT2D eigenvalue weighted by atomic mass is 31.2. The summed E-state index contributed by atoms with van der Waals surface area (Å²) in [4.78, 5) is 35.1. The van der Waals surface area contributed by atoms with Gasteiger partial charge in [0.05, 0.1) is 13.2 Å². The van der Waals surface area contributed by atoms with E-state index in [-0.39, 0.29) is 38.6 Å². The largest absolute Gasteiger partial charge is 0.472 e. The zero-order chi connectivity index (χ0) is 55.2. The van der Waals surface area contributed by atoms with Crippen molar-refractivity contribution in [2.75, 3.05) is 26.4 Å². The number of nitrogens with two attached hydrogens (primary N) is 1. The average Bonchev–Trinajstić information content (AvgIpc) is 3.41. The normalized spacial score (nSPS) is 13.7. The second kappa shape index (κ2) is 61.1. The summed E-state index contributed by atoms with van der Waals surface area (Å²) in [6.45, 7) is 3.62. The van der Waals surface area contributed by atoms with Gasteiger partial charge in [-0.25, -0.2) is 4.57 Å². The van der Waals surface area contributed by atoms with E-state index in [1.54, 1.807) is 0 Å². The second-order valence-corrected chi connectivity index (χ2v) is 22.0. The highest BCUT2D eigenvalue weighted by Crippen LogP contribution is 2.43. The van der Waals surface area contributed by atoms with E-state index >= 15 is 0 Å². The van der Waals surface area contributed by atoms with Crippen LogP contribution in [0.15, 0.2) is 97.2 Å². The van der Waals surface area contributed by atoms with Gasteiger partial charge in [-0.1, -0.05) is 265 Å². The molecule has 0 aliphatic carbocycles. The summed E-state index contributed by atoms with van der Waals surface area (Å²) in [5.74, 6) is -0.832. The van der Waals surface area contributed by atoms with Crippen LogP contribution < -0.4 is 5.73 Å². The zero-order valence-corrected chi connectivity index (χ0v) is 49.9. The molecular weight excluding hydrogens is 966 g/mol. The van der Waals surface area contributed by atoms with Gasteiger partial charge in [0.1, 0.15) is 6.61 Å². The molecule has 0 aromatic rings. The summed E-state index contributed by atoms with van der Waals surface area (Å²) < 4.78 is 33.0. The molecule has 0 saturated heterocycles. The van der Waals surface area contributed by atoms with E-state index < -0.39 is 26.5 Å². The van der Waals surface area contributed by atoms with Crippen LogP contribution in [0.4, 0.5) is 0 Å². The maximum absolute atomic E-state index is 12.7. The molecule has 10 heteroatoms. The van der Waals surface area contributed by atoms with E-state index in [2.05, 4.69) is 111 Å². The van der Waals surface area contributed by atoms with Crippen molar-refractivity contribution in [2.24, 2.45) is 5.73 Å². The van der Waals surface area contributed by atoms with Crippen molar-refractivity contribution in [2.45, 2.75) is 283 Å². The standard InChI is InChI=1S/C66H116NO8P/c1-3-5-7-9-11-13-15-17-19-20-21-22-23-24-25-26-27-28-29-30-31-32-33-34-35-36-37-38-39-40-41-42-43-44-45-47-49-51-53-55-57-59-66(69)75-64(63-74-76(70,71)73-61-60-67)62-72-65(68)58-56-54-52-50-48-46-18-16-14-12-10-8-6-4-2/h5,7,11,13,16-19,21-22,24-25,27-28,30-31,64H,3-4,6,8-10,12,14-15,20,23,26,29,32-63,67H2,1-2H3,(H,70,71)/b7-5-,13-11-,18-16-,19-17-,22-21-,25-24-,28-27-,31-30-. The first-order valence-electron chi connectivity index (χ1n) is 31.2. The van der Waals surface area contributed by atoms with Crippen LogP contribution in [-0.4, -0.2) is 49.3 Å². The number of carbonyl (C=O) groups excluding carboxylic acids is 2. The lowest BCUT2D eigenvalue weighted by molar-refractivity contribution is -0.161. The Balaban J connectivity index is 3.81. The molecule has 9 nitrogen and oxygen atoms in total. The molecule has 0 aromatic heterocycles. The minimum absolute atomic E-state index is 0.0510. The quantitative estimate of drug-likeness (QED) is 0.0264. The van der Waals surface area contributed by atoms with E-state index in [9.17, 15) is 19.0 Å². The van der Waals surface area contributed by atoms with Gasteiger partial charge in [-0.3, -0.25) is 18.6 Å². The van der Waals surface area contributed by atoms with Crippen LogP contribution in [0, 0.1) is 0 Å². The third-order valence-corrected chi connectivity index (χ3v) is 14.2. The summed E-state index contributed by atoms with van der Waals surface area (Å²) in [6.07, 6.45) is 82.1. The number of rotatable bonds is 58. The number of phosphoric ester groups is 1. The predicted molar refractivity (Wildman–Crippen MR) is 325 cm³/mol. The molecule has 438 valence electrons. The van der Waals surface area contributed by atoms with E-state index in [1.165, 1.54) is 141 Å². The van der Waals surface area contributed by atoms with Gasteiger partial charge < -0.3 is 20.1 Å². The van der Waals surface area contributed by atoms with E-state index in [1.807, 2.05) is 0 Å². The molecule has 0 heterocycles. The fourth-order valence-electron chi connectivity index (χ4n) is 8.61. The van der Waals surface area contributed by atoms with Gasteiger partial charge in [0.2, 0.25) is 0 Å². The third-order valence-electron chi connectivity index (χ3n) is 13.2. The summed E-state index contributed by atoms with van der Waals surface area (Å²) in [7, 11) is -4.39. The number of ether oxygens (including phenoxy) is 2. The Morgan fingerprint density at radius 3 is 1.09 bits per heavy atom. The first-order valence-corrected chi connectivity index (χ1v) is 32.7. The minimum Gasteiger partial charge on any atom is -0.462 e. The molecule has 0 amide bonds. The molecule has 0 fully saturated rings. The number of phosphoric acid groups is 1. The molecule has 0 radical (unpaired) electrons. The van der Waals surface area contributed by atoms with Gasteiger partial charge in [0, 0.05) is 19.4 Å².